The molecule has 0 saturated carbocycles. The highest BCUT2D eigenvalue weighted by molar-refractivity contribution is 7.92. The number of anilines is 2. The number of rotatable bonds is 5. The maximum atomic E-state index is 14.8. The van der Waals surface area contributed by atoms with Crippen molar-refractivity contribution in [2.75, 3.05) is 17.7 Å². The Kier molecular flexibility index (Phi) is 5.82. The summed E-state index contributed by atoms with van der Waals surface area (Å²) in [6.45, 7) is 0. The van der Waals surface area contributed by atoms with E-state index in [-0.39, 0.29) is 36.8 Å². The SMILES string of the molecule is CNc1ccc2c(c1)[N+](O)=C(c1ccc(NC(=O)NS(=O)(=O)c3ccc(Cl)s3)cc1F)C2=O. The number of hydrogen-bond donors (Lipinski definition) is 4. The van der Waals surface area contributed by atoms with Crippen LogP contribution in [0.25, 0.3) is 0 Å². The van der Waals surface area contributed by atoms with E-state index < -0.39 is 27.7 Å². The fraction of sp³-hybridized carbons (Fsp3) is 0.0500. The number of thiophene rings is 1. The monoisotopic (exact) mass is 509 g/mol. The molecule has 9 nitrogen and oxygen atoms in total. The molecule has 0 saturated heterocycles. The van der Waals surface area contributed by atoms with Gasteiger partial charge in [-0.1, -0.05) is 11.6 Å². The molecule has 1 aliphatic rings. The molecule has 2 heterocycles. The van der Waals surface area contributed by atoms with Crippen LogP contribution in [0.3, 0.4) is 0 Å². The van der Waals surface area contributed by atoms with Crippen LogP contribution in [0.4, 0.5) is 26.2 Å². The Morgan fingerprint density at radius 3 is 2.42 bits per heavy atom. The van der Waals surface area contributed by atoms with E-state index in [0.717, 1.165) is 17.4 Å². The number of carbonyl (C=O) groups excluding carboxylic acids is 2. The third-order valence-electron chi connectivity index (χ3n) is 4.71. The molecule has 4 rings (SSSR count). The van der Waals surface area contributed by atoms with Crippen molar-refractivity contribution >= 4 is 67.5 Å². The third kappa shape index (κ3) is 4.27. The number of amides is 2. The lowest BCUT2D eigenvalue weighted by atomic mass is 10.0. The second-order valence-corrected chi connectivity index (χ2v) is 10.4. The van der Waals surface area contributed by atoms with Crippen molar-refractivity contribution in [3.8, 4) is 0 Å². The van der Waals surface area contributed by atoms with Crippen LogP contribution in [-0.4, -0.2) is 42.9 Å². The molecule has 1 aliphatic heterocycles. The van der Waals surface area contributed by atoms with Gasteiger partial charge in [0.1, 0.15) is 15.6 Å². The van der Waals surface area contributed by atoms with Crippen molar-refractivity contribution in [1.82, 2.24) is 4.72 Å². The van der Waals surface area contributed by atoms with E-state index in [1.54, 1.807) is 23.9 Å². The Hall–Kier alpha value is -3.48. The number of fused-ring (bicyclic) bond motifs is 1. The van der Waals surface area contributed by atoms with Crippen LogP contribution in [0.15, 0.2) is 52.7 Å². The van der Waals surface area contributed by atoms with Crippen molar-refractivity contribution in [2.45, 2.75) is 4.21 Å². The Morgan fingerprint density at radius 1 is 1.09 bits per heavy atom. The second-order valence-electron chi connectivity index (χ2n) is 6.78. The van der Waals surface area contributed by atoms with Gasteiger partial charge in [-0.25, -0.2) is 22.3 Å². The van der Waals surface area contributed by atoms with Crippen LogP contribution in [0.1, 0.15) is 15.9 Å². The Balaban J connectivity index is 1.56. The summed E-state index contributed by atoms with van der Waals surface area (Å²) < 4.78 is 41.7. The summed E-state index contributed by atoms with van der Waals surface area (Å²) in [7, 11) is -2.48. The van der Waals surface area contributed by atoms with E-state index in [2.05, 4.69) is 10.6 Å². The van der Waals surface area contributed by atoms with Gasteiger partial charge in [0.15, 0.2) is 0 Å². The molecule has 0 unspecified atom stereocenters. The Labute approximate surface area is 196 Å². The first-order chi connectivity index (χ1) is 15.6. The van der Waals surface area contributed by atoms with Crippen LogP contribution in [0, 0.1) is 5.82 Å². The minimum atomic E-state index is -4.16. The molecular weight excluding hydrogens is 495 g/mol. The number of nitrogens with zero attached hydrogens (tertiary/aromatic N) is 1. The van der Waals surface area contributed by atoms with Crippen molar-refractivity contribution in [3.63, 3.8) is 0 Å². The normalized spacial score (nSPS) is 13.1. The largest absolute Gasteiger partial charge is 0.388 e. The molecular formula is C20H15ClFN4O5S2+. The summed E-state index contributed by atoms with van der Waals surface area (Å²) >= 11 is 6.48. The van der Waals surface area contributed by atoms with Crippen LogP contribution in [-0.2, 0) is 10.0 Å². The average Bonchev–Trinajstić information content (AvgIpc) is 3.30. The van der Waals surface area contributed by atoms with Crippen LogP contribution in [0.2, 0.25) is 4.34 Å². The molecule has 3 aromatic rings. The first-order valence-corrected chi connectivity index (χ1v) is 11.9. The number of sulfonamides is 1. The van der Waals surface area contributed by atoms with E-state index in [4.69, 9.17) is 11.6 Å². The van der Waals surface area contributed by atoms with Gasteiger partial charge in [-0.05, 0) is 42.5 Å². The number of ketones is 1. The van der Waals surface area contributed by atoms with E-state index in [9.17, 15) is 27.6 Å². The van der Waals surface area contributed by atoms with Gasteiger partial charge in [-0.15, -0.1) is 11.3 Å². The fourth-order valence-corrected chi connectivity index (χ4v) is 5.58. The molecule has 0 spiro atoms. The maximum absolute atomic E-state index is 14.8. The van der Waals surface area contributed by atoms with Gasteiger partial charge < -0.3 is 10.6 Å². The van der Waals surface area contributed by atoms with Gasteiger partial charge in [0.2, 0.25) is 0 Å². The van der Waals surface area contributed by atoms with Crippen LogP contribution in [0.5, 0.6) is 0 Å². The van der Waals surface area contributed by atoms with Gasteiger partial charge in [-0.3, -0.25) is 10.0 Å². The zero-order chi connectivity index (χ0) is 23.9. The number of halogens is 2. The maximum Gasteiger partial charge on any atom is 0.333 e. The van der Waals surface area contributed by atoms with Crippen molar-refractivity contribution < 1.29 is 32.3 Å². The minimum absolute atomic E-state index is 0.0707. The van der Waals surface area contributed by atoms with Gasteiger partial charge >= 0.3 is 11.7 Å². The first-order valence-electron chi connectivity index (χ1n) is 9.22. The number of carbonyl (C=O) groups is 2. The van der Waals surface area contributed by atoms with Crippen LogP contribution >= 0.6 is 22.9 Å². The lowest BCUT2D eigenvalue weighted by Crippen LogP contribution is -2.34. The van der Waals surface area contributed by atoms with E-state index in [1.807, 2.05) is 0 Å². The molecule has 2 amide bonds. The number of nitrogens with one attached hydrogen (secondary N) is 3. The predicted octanol–water partition coefficient (Wildman–Crippen LogP) is 3.81. The molecule has 1 aromatic heterocycles. The zero-order valence-corrected chi connectivity index (χ0v) is 19.1. The molecule has 170 valence electrons. The Morgan fingerprint density at radius 2 is 1.79 bits per heavy atom. The number of urea groups is 1. The third-order valence-corrected chi connectivity index (χ3v) is 7.76. The fourth-order valence-electron chi connectivity index (χ4n) is 3.19. The van der Waals surface area contributed by atoms with Gasteiger partial charge in [0.25, 0.3) is 21.5 Å². The molecule has 0 radical (unpaired) electrons. The standard InChI is InChI=1S/C20H14ClFN4O5S2/c1-23-10-2-5-13-15(9-10)26(29)18(19(13)27)12-4-3-11(8-14(12)22)24-20(28)25-33(30,31)17-7-6-16(21)32-17/h2-9,29H,1H3,(H2,23,25,27,28)/p+1. The highest BCUT2D eigenvalue weighted by Gasteiger charge is 2.42. The van der Waals surface area contributed by atoms with Crippen molar-refractivity contribution in [3.05, 3.63) is 69.8 Å². The van der Waals surface area contributed by atoms with E-state index >= 15 is 0 Å². The first kappa shape index (κ1) is 22.7. The number of Topliss-reactive ketones (excluding diaryl/α,β-unsaturated/α-hetero) is 1. The highest BCUT2D eigenvalue weighted by atomic mass is 35.5. The predicted molar refractivity (Wildman–Crippen MR) is 121 cm³/mol. The van der Waals surface area contributed by atoms with Gasteiger partial charge in [-0.2, -0.15) is 0 Å². The molecule has 13 heteroatoms. The van der Waals surface area contributed by atoms with Gasteiger partial charge in [0, 0.05) is 29.2 Å². The van der Waals surface area contributed by atoms with Crippen molar-refractivity contribution in [2.24, 2.45) is 0 Å². The molecule has 0 bridgehead atoms. The molecule has 4 N–H and O–H groups in total. The van der Waals surface area contributed by atoms with E-state index in [0.29, 0.717) is 10.4 Å². The lowest BCUT2D eigenvalue weighted by molar-refractivity contribution is -0.710. The smallest absolute Gasteiger partial charge is 0.333 e. The summed E-state index contributed by atoms with van der Waals surface area (Å²) in [4.78, 5) is 24.8. The Bertz CT molecular complexity index is 1450. The topological polar surface area (TPSA) is 128 Å². The van der Waals surface area contributed by atoms with Crippen molar-refractivity contribution in [1.29, 1.82) is 0 Å². The summed E-state index contributed by atoms with van der Waals surface area (Å²) in [5.74, 6) is -1.49. The van der Waals surface area contributed by atoms with E-state index in [1.165, 1.54) is 30.3 Å². The molecule has 0 aliphatic carbocycles. The average molecular weight is 510 g/mol. The highest BCUT2D eigenvalue weighted by Crippen LogP contribution is 2.31. The summed E-state index contributed by atoms with van der Waals surface area (Å²) in [5.41, 5.74) is 0.486. The second kappa shape index (κ2) is 8.46. The summed E-state index contributed by atoms with van der Waals surface area (Å²) in [6.07, 6.45) is 0. The molecule has 0 fully saturated rings. The summed E-state index contributed by atoms with van der Waals surface area (Å²) in [5, 5.41) is 15.6. The lowest BCUT2D eigenvalue weighted by Gasteiger charge is -2.08. The number of hydrogen-bond acceptors (Lipinski definition) is 7. The van der Waals surface area contributed by atoms with Crippen LogP contribution < -0.4 is 15.4 Å². The molecule has 0 atom stereocenters. The van der Waals surface area contributed by atoms with Gasteiger partial charge in [0.05, 0.1) is 9.90 Å². The molecule has 2 aromatic carbocycles. The zero-order valence-electron chi connectivity index (χ0n) is 16.7. The molecule has 33 heavy (non-hydrogen) atoms. The minimum Gasteiger partial charge on any atom is -0.388 e. The summed E-state index contributed by atoms with van der Waals surface area (Å²) in [6, 6.07) is 9.56. The quantitative estimate of drug-likeness (QED) is 0.306. The number of benzene rings is 2.